The lowest BCUT2D eigenvalue weighted by Gasteiger charge is -2.25. The van der Waals surface area contributed by atoms with Crippen molar-refractivity contribution in [3.05, 3.63) is 77.4 Å². The quantitative estimate of drug-likeness (QED) is 0.229. The first-order valence-corrected chi connectivity index (χ1v) is 14.0. The van der Waals surface area contributed by atoms with Crippen molar-refractivity contribution in [2.45, 2.75) is 44.9 Å². The first kappa shape index (κ1) is 31.3. The topological polar surface area (TPSA) is 144 Å². The average Bonchev–Trinajstić information content (AvgIpc) is 3.43. The number of nitrogens with one attached hydrogen (secondary N) is 3. The molecule has 3 aromatic carbocycles. The van der Waals surface area contributed by atoms with Gasteiger partial charge in [0.1, 0.15) is 5.75 Å². The van der Waals surface area contributed by atoms with Gasteiger partial charge in [-0.3, -0.25) is 4.79 Å². The number of esters is 1. The van der Waals surface area contributed by atoms with Crippen LogP contribution >= 0.6 is 0 Å². The van der Waals surface area contributed by atoms with Crippen molar-refractivity contribution in [1.29, 1.82) is 0 Å². The Kier molecular flexibility index (Phi) is 10.6. The van der Waals surface area contributed by atoms with Crippen LogP contribution in [-0.4, -0.2) is 68.5 Å². The minimum atomic E-state index is -0.969. The second kappa shape index (κ2) is 14.5. The van der Waals surface area contributed by atoms with Crippen molar-refractivity contribution in [3.8, 4) is 17.2 Å². The number of aryl methyl sites for hydroxylation is 1. The molecule has 3 unspecified atom stereocenters. The van der Waals surface area contributed by atoms with E-state index in [1.165, 1.54) is 20.3 Å². The summed E-state index contributed by atoms with van der Waals surface area (Å²) < 4.78 is 22.2. The molecule has 0 bridgehead atoms. The standard InChI is InChI=1S/C32H37N3O8/c1-5-42-31(38)21-11-13-27(29(16-21)41-4)43-30(25-17-22(36)18-33-25)26(37)14-20-10-12-24(28(15-20)40-3)35-32(39)34-23-9-7-6-8-19(23)2/h6-13,15-16,22,25,30,33,36H,5,14,17-18H2,1-4H3,(H2,34,35,39). The van der Waals surface area contributed by atoms with Crippen molar-refractivity contribution >= 4 is 29.2 Å². The van der Waals surface area contributed by atoms with Gasteiger partial charge in [0.25, 0.3) is 0 Å². The number of aliphatic hydroxyl groups excluding tert-OH is 1. The van der Waals surface area contributed by atoms with Crippen LogP contribution in [0.1, 0.15) is 34.8 Å². The molecule has 3 aromatic rings. The monoisotopic (exact) mass is 591 g/mol. The van der Waals surface area contributed by atoms with E-state index >= 15 is 0 Å². The SMILES string of the molecule is CCOC(=O)c1ccc(OC(C(=O)Cc2ccc(NC(=O)Nc3ccccc3C)c(OC)c2)C2CC(O)CN2)c(OC)c1. The number of urea groups is 1. The Morgan fingerprint density at radius 2 is 1.70 bits per heavy atom. The summed E-state index contributed by atoms with van der Waals surface area (Å²) >= 11 is 0. The number of aliphatic hydroxyl groups is 1. The van der Waals surface area contributed by atoms with Crippen LogP contribution in [0.4, 0.5) is 16.2 Å². The summed E-state index contributed by atoms with van der Waals surface area (Å²) in [6.45, 7) is 4.17. The molecule has 11 nitrogen and oxygen atoms in total. The number of hydrogen-bond donors (Lipinski definition) is 4. The summed E-state index contributed by atoms with van der Waals surface area (Å²) in [5.41, 5.74) is 2.97. The zero-order valence-electron chi connectivity index (χ0n) is 24.6. The lowest BCUT2D eigenvalue weighted by molar-refractivity contribution is -0.126. The van der Waals surface area contributed by atoms with Crippen LogP contribution in [0, 0.1) is 6.92 Å². The molecular weight excluding hydrogens is 554 g/mol. The van der Waals surface area contributed by atoms with Crippen molar-refractivity contribution in [1.82, 2.24) is 5.32 Å². The van der Waals surface area contributed by atoms with E-state index in [1.807, 2.05) is 31.2 Å². The van der Waals surface area contributed by atoms with Crippen LogP contribution in [0.5, 0.6) is 17.2 Å². The number of para-hydroxylation sites is 1. The van der Waals surface area contributed by atoms with Gasteiger partial charge in [0.15, 0.2) is 23.4 Å². The van der Waals surface area contributed by atoms with Crippen LogP contribution in [0.2, 0.25) is 0 Å². The van der Waals surface area contributed by atoms with Crippen LogP contribution in [0.3, 0.4) is 0 Å². The summed E-state index contributed by atoms with van der Waals surface area (Å²) in [5, 5.41) is 18.9. The molecule has 1 aliphatic heterocycles. The Bertz CT molecular complexity index is 1460. The molecule has 0 saturated carbocycles. The number of rotatable bonds is 12. The van der Waals surface area contributed by atoms with Gasteiger partial charge >= 0.3 is 12.0 Å². The number of methoxy groups -OCH3 is 2. The maximum Gasteiger partial charge on any atom is 0.338 e. The minimum Gasteiger partial charge on any atom is -0.495 e. The molecule has 228 valence electrons. The molecule has 3 atom stereocenters. The molecule has 0 aromatic heterocycles. The number of benzene rings is 3. The van der Waals surface area contributed by atoms with Crippen molar-refractivity contribution < 1.29 is 38.4 Å². The molecule has 11 heteroatoms. The third-order valence-electron chi connectivity index (χ3n) is 7.04. The van der Waals surface area contributed by atoms with E-state index in [2.05, 4.69) is 16.0 Å². The lowest BCUT2D eigenvalue weighted by atomic mass is 9.98. The van der Waals surface area contributed by atoms with Crippen LogP contribution in [0.15, 0.2) is 60.7 Å². The maximum absolute atomic E-state index is 13.7. The number of carbonyl (C=O) groups is 3. The molecule has 4 N–H and O–H groups in total. The Hall–Kier alpha value is -4.61. The Balaban J connectivity index is 1.51. The fourth-order valence-electron chi connectivity index (χ4n) is 4.83. The number of β-amino-alcohol motifs (C(OH)–C–C–N with tert-alkyl or cyclic N) is 1. The summed E-state index contributed by atoms with van der Waals surface area (Å²) in [7, 11) is 2.92. The molecule has 0 spiro atoms. The predicted molar refractivity (Wildman–Crippen MR) is 161 cm³/mol. The normalized spacial score (nSPS) is 16.6. The molecule has 0 radical (unpaired) electrons. The second-order valence-corrected chi connectivity index (χ2v) is 10.1. The third kappa shape index (κ3) is 8.02. The summed E-state index contributed by atoms with van der Waals surface area (Å²) in [5.74, 6) is 0.175. The van der Waals surface area contributed by atoms with Crippen molar-refractivity contribution in [2.24, 2.45) is 0 Å². The fraction of sp³-hybridized carbons (Fsp3) is 0.344. The molecule has 2 amide bonds. The zero-order valence-corrected chi connectivity index (χ0v) is 24.6. The van der Waals surface area contributed by atoms with Gasteiger partial charge in [-0.05, 0) is 67.8 Å². The average molecular weight is 592 g/mol. The highest BCUT2D eigenvalue weighted by Crippen LogP contribution is 2.32. The van der Waals surface area contributed by atoms with Gasteiger partial charge in [0, 0.05) is 18.7 Å². The number of amides is 2. The zero-order chi connectivity index (χ0) is 30.9. The number of Topliss-reactive ketones (excluding diaryl/α,β-unsaturated/α-hetero) is 1. The van der Waals surface area contributed by atoms with Gasteiger partial charge in [0.2, 0.25) is 0 Å². The first-order chi connectivity index (χ1) is 20.7. The molecule has 0 aliphatic carbocycles. The van der Waals surface area contributed by atoms with Gasteiger partial charge in [-0.15, -0.1) is 0 Å². The van der Waals surface area contributed by atoms with E-state index in [0.717, 1.165) is 5.56 Å². The lowest BCUT2D eigenvalue weighted by Crippen LogP contribution is -2.45. The van der Waals surface area contributed by atoms with Gasteiger partial charge in [-0.1, -0.05) is 24.3 Å². The molecule has 1 saturated heterocycles. The predicted octanol–water partition coefficient (Wildman–Crippen LogP) is 4.11. The van der Waals surface area contributed by atoms with E-state index < -0.39 is 30.3 Å². The molecular formula is C32H37N3O8. The molecule has 1 fully saturated rings. The van der Waals surface area contributed by atoms with Crippen LogP contribution in [-0.2, 0) is 16.0 Å². The number of ether oxygens (including phenoxy) is 4. The summed E-state index contributed by atoms with van der Waals surface area (Å²) in [4.78, 5) is 38.5. The molecule has 1 aliphatic rings. The molecule has 43 heavy (non-hydrogen) atoms. The summed E-state index contributed by atoms with van der Waals surface area (Å²) in [6.07, 6.45) is -1.27. The van der Waals surface area contributed by atoms with Gasteiger partial charge in [-0.25, -0.2) is 9.59 Å². The second-order valence-electron chi connectivity index (χ2n) is 10.1. The van der Waals surface area contributed by atoms with Gasteiger partial charge in [-0.2, -0.15) is 0 Å². The Morgan fingerprint density at radius 3 is 2.37 bits per heavy atom. The number of hydrogen-bond acceptors (Lipinski definition) is 9. The Labute approximate surface area is 250 Å². The fourth-order valence-corrected chi connectivity index (χ4v) is 4.83. The highest BCUT2D eigenvalue weighted by Gasteiger charge is 2.36. The molecule has 1 heterocycles. The van der Waals surface area contributed by atoms with E-state index in [9.17, 15) is 19.5 Å². The summed E-state index contributed by atoms with van der Waals surface area (Å²) in [6, 6.07) is 16.2. The van der Waals surface area contributed by atoms with Crippen molar-refractivity contribution in [2.75, 3.05) is 38.0 Å². The van der Waals surface area contributed by atoms with E-state index in [0.29, 0.717) is 35.7 Å². The van der Waals surface area contributed by atoms with E-state index in [4.69, 9.17) is 18.9 Å². The van der Waals surface area contributed by atoms with Crippen LogP contribution < -0.4 is 30.2 Å². The van der Waals surface area contributed by atoms with Gasteiger partial charge < -0.3 is 40.0 Å². The van der Waals surface area contributed by atoms with E-state index in [-0.39, 0.29) is 35.9 Å². The van der Waals surface area contributed by atoms with Gasteiger partial charge in [0.05, 0.1) is 44.2 Å². The number of ketones is 1. The highest BCUT2D eigenvalue weighted by atomic mass is 16.5. The molecule has 4 rings (SSSR count). The van der Waals surface area contributed by atoms with Crippen molar-refractivity contribution in [3.63, 3.8) is 0 Å². The maximum atomic E-state index is 13.7. The minimum absolute atomic E-state index is 0.00574. The van der Waals surface area contributed by atoms with E-state index in [1.54, 1.807) is 37.3 Å². The van der Waals surface area contributed by atoms with Crippen LogP contribution in [0.25, 0.3) is 0 Å². The smallest absolute Gasteiger partial charge is 0.338 e. The number of anilines is 2. The largest absolute Gasteiger partial charge is 0.495 e. The third-order valence-corrected chi connectivity index (χ3v) is 7.04. The number of carbonyl (C=O) groups excluding carboxylic acids is 3. The first-order valence-electron chi connectivity index (χ1n) is 14.0. The Morgan fingerprint density at radius 1 is 0.953 bits per heavy atom. The highest BCUT2D eigenvalue weighted by molar-refractivity contribution is 6.01.